The maximum atomic E-state index is 6.31. The van der Waals surface area contributed by atoms with E-state index in [0.29, 0.717) is 13.1 Å². The van der Waals surface area contributed by atoms with Crippen molar-refractivity contribution in [1.82, 2.24) is 25.4 Å². The molecule has 29 heavy (non-hydrogen) atoms. The van der Waals surface area contributed by atoms with Crippen molar-refractivity contribution in [3.8, 4) is 11.5 Å². The summed E-state index contributed by atoms with van der Waals surface area (Å²) in [5.74, 6) is 3.18. The van der Waals surface area contributed by atoms with Gasteiger partial charge in [-0.3, -0.25) is 0 Å². The molecular formula is C21H32N6O2. The summed E-state index contributed by atoms with van der Waals surface area (Å²) in [6, 6.07) is 5.97. The molecule has 8 heteroatoms. The molecule has 0 aliphatic heterocycles. The fraction of sp³-hybridized carbons (Fsp3) is 0.571. The van der Waals surface area contributed by atoms with Gasteiger partial charge in [-0.15, -0.1) is 10.2 Å². The third-order valence-electron chi connectivity index (χ3n) is 5.07. The van der Waals surface area contributed by atoms with Gasteiger partial charge in [-0.05, 0) is 45.6 Å². The Kier molecular flexibility index (Phi) is 7.72. The second-order valence-corrected chi connectivity index (χ2v) is 7.05. The van der Waals surface area contributed by atoms with E-state index in [1.165, 1.54) is 12.8 Å². The second kappa shape index (κ2) is 10.7. The van der Waals surface area contributed by atoms with Gasteiger partial charge in [-0.1, -0.05) is 12.1 Å². The number of rotatable bonds is 9. The van der Waals surface area contributed by atoms with Crippen LogP contribution < -0.4 is 20.1 Å². The largest absolute Gasteiger partial charge is 0.493 e. The molecule has 0 spiro atoms. The second-order valence-electron chi connectivity index (χ2n) is 7.05. The van der Waals surface area contributed by atoms with E-state index in [2.05, 4.69) is 27.8 Å². The number of methoxy groups -OCH3 is 1. The van der Waals surface area contributed by atoms with E-state index < -0.39 is 0 Å². The van der Waals surface area contributed by atoms with E-state index >= 15 is 0 Å². The van der Waals surface area contributed by atoms with Crippen LogP contribution in [0.15, 0.2) is 29.5 Å². The SMILES string of the molecule is CCNC(=NCc1cccc(OC)c1OC1CCCC1)NCc1nncn1CC. The van der Waals surface area contributed by atoms with E-state index in [-0.39, 0.29) is 6.10 Å². The van der Waals surface area contributed by atoms with E-state index in [1.807, 2.05) is 29.7 Å². The van der Waals surface area contributed by atoms with Crippen molar-refractivity contribution < 1.29 is 9.47 Å². The van der Waals surface area contributed by atoms with Crippen molar-refractivity contribution in [1.29, 1.82) is 0 Å². The van der Waals surface area contributed by atoms with Crippen LogP contribution in [0.5, 0.6) is 11.5 Å². The highest BCUT2D eigenvalue weighted by Crippen LogP contribution is 2.35. The van der Waals surface area contributed by atoms with Gasteiger partial charge in [0.1, 0.15) is 6.33 Å². The monoisotopic (exact) mass is 400 g/mol. The number of aliphatic imine (C=N–C) groups is 1. The lowest BCUT2D eigenvalue weighted by atomic mass is 10.1. The van der Waals surface area contributed by atoms with Gasteiger partial charge in [0.25, 0.3) is 0 Å². The molecular weight excluding hydrogens is 368 g/mol. The van der Waals surface area contributed by atoms with Gasteiger partial charge in [0.2, 0.25) is 0 Å². The Morgan fingerprint density at radius 2 is 2.07 bits per heavy atom. The zero-order valence-corrected chi connectivity index (χ0v) is 17.6. The average molecular weight is 401 g/mol. The topological polar surface area (TPSA) is 85.6 Å². The number of guanidine groups is 1. The molecule has 1 fully saturated rings. The highest BCUT2D eigenvalue weighted by Gasteiger charge is 2.20. The van der Waals surface area contributed by atoms with Crippen LogP contribution in [0, 0.1) is 0 Å². The molecule has 1 aromatic carbocycles. The molecule has 0 amide bonds. The maximum Gasteiger partial charge on any atom is 0.191 e. The lowest BCUT2D eigenvalue weighted by Crippen LogP contribution is -2.37. The van der Waals surface area contributed by atoms with Gasteiger partial charge in [-0.25, -0.2) is 4.99 Å². The predicted octanol–water partition coefficient (Wildman–Crippen LogP) is 2.88. The lowest BCUT2D eigenvalue weighted by Gasteiger charge is -2.19. The highest BCUT2D eigenvalue weighted by molar-refractivity contribution is 5.79. The minimum atomic E-state index is 0.265. The first-order valence-electron chi connectivity index (χ1n) is 10.5. The molecule has 8 nitrogen and oxygen atoms in total. The number of aromatic nitrogens is 3. The van der Waals surface area contributed by atoms with Crippen molar-refractivity contribution >= 4 is 5.96 Å². The van der Waals surface area contributed by atoms with Crippen molar-refractivity contribution in [3.05, 3.63) is 35.9 Å². The zero-order valence-electron chi connectivity index (χ0n) is 17.6. The Labute approximate surface area is 172 Å². The number of para-hydroxylation sites is 1. The summed E-state index contributed by atoms with van der Waals surface area (Å²) in [5, 5.41) is 14.8. The number of nitrogens with one attached hydrogen (secondary N) is 2. The Balaban J connectivity index is 1.72. The van der Waals surface area contributed by atoms with E-state index in [1.54, 1.807) is 13.4 Å². The maximum absolute atomic E-state index is 6.31. The van der Waals surface area contributed by atoms with Gasteiger partial charge in [0.05, 0.1) is 26.3 Å². The number of hydrogen-bond acceptors (Lipinski definition) is 5. The zero-order chi connectivity index (χ0) is 20.5. The van der Waals surface area contributed by atoms with Crippen LogP contribution in [0.1, 0.15) is 50.9 Å². The summed E-state index contributed by atoms with van der Waals surface area (Å²) in [6.07, 6.45) is 6.66. The average Bonchev–Trinajstić information content (AvgIpc) is 3.42. The normalized spacial score (nSPS) is 14.8. The first kappa shape index (κ1) is 21.0. The molecule has 1 heterocycles. The van der Waals surface area contributed by atoms with Crippen molar-refractivity contribution in [2.75, 3.05) is 13.7 Å². The van der Waals surface area contributed by atoms with E-state index in [0.717, 1.165) is 54.8 Å². The fourth-order valence-corrected chi connectivity index (χ4v) is 3.50. The minimum absolute atomic E-state index is 0.265. The van der Waals surface area contributed by atoms with Crippen molar-refractivity contribution in [2.24, 2.45) is 4.99 Å². The standard InChI is InChI=1S/C21H32N6O2/c1-4-22-21(24-14-19-26-25-15-27(19)5-2)23-13-16-9-8-12-18(28-3)20(16)29-17-10-6-7-11-17/h8-9,12,15,17H,4-7,10-11,13-14H2,1-3H3,(H2,22,23,24). The van der Waals surface area contributed by atoms with Gasteiger partial charge < -0.3 is 24.7 Å². The number of nitrogens with zero attached hydrogens (tertiary/aromatic N) is 4. The van der Waals surface area contributed by atoms with Crippen molar-refractivity contribution in [2.45, 2.75) is 65.3 Å². The molecule has 1 aliphatic carbocycles. The van der Waals surface area contributed by atoms with Crippen LogP contribution in [0.2, 0.25) is 0 Å². The molecule has 158 valence electrons. The quantitative estimate of drug-likeness (QED) is 0.497. The highest BCUT2D eigenvalue weighted by atomic mass is 16.5. The summed E-state index contributed by atoms with van der Waals surface area (Å²) in [7, 11) is 1.68. The van der Waals surface area contributed by atoms with Gasteiger partial charge in [-0.2, -0.15) is 0 Å². The number of hydrogen-bond donors (Lipinski definition) is 2. The number of benzene rings is 1. The molecule has 1 saturated carbocycles. The van der Waals surface area contributed by atoms with Crippen molar-refractivity contribution in [3.63, 3.8) is 0 Å². The van der Waals surface area contributed by atoms with Crippen LogP contribution in [-0.2, 0) is 19.6 Å². The molecule has 2 aromatic rings. The van der Waals surface area contributed by atoms with E-state index in [4.69, 9.17) is 14.5 Å². The molecule has 1 aromatic heterocycles. The smallest absolute Gasteiger partial charge is 0.191 e. The Hall–Kier alpha value is -2.77. The minimum Gasteiger partial charge on any atom is -0.493 e. The summed E-state index contributed by atoms with van der Waals surface area (Å²) in [4.78, 5) is 4.75. The van der Waals surface area contributed by atoms with Crippen LogP contribution in [-0.4, -0.2) is 40.5 Å². The molecule has 0 bridgehead atoms. The van der Waals surface area contributed by atoms with Crippen LogP contribution in [0.3, 0.4) is 0 Å². The Bertz CT molecular complexity index is 798. The summed E-state index contributed by atoms with van der Waals surface area (Å²) < 4.78 is 13.9. The molecule has 0 atom stereocenters. The number of aryl methyl sites for hydroxylation is 1. The van der Waals surface area contributed by atoms with Crippen LogP contribution in [0.25, 0.3) is 0 Å². The van der Waals surface area contributed by atoms with Crippen LogP contribution >= 0.6 is 0 Å². The van der Waals surface area contributed by atoms with Gasteiger partial charge >= 0.3 is 0 Å². The Morgan fingerprint density at radius 3 is 2.79 bits per heavy atom. The first-order chi connectivity index (χ1) is 14.2. The number of ether oxygens (including phenoxy) is 2. The first-order valence-corrected chi connectivity index (χ1v) is 10.5. The summed E-state index contributed by atoms with van der Waals surface area (Å²) in [6.45, 7) is 6.78. The molecule has 2 N–H and O–H groups in total. The van der Waals surface area contributed by atoms with Gasteiger partial charge in [0, 0.05) is 18.7 Å². The Morgan fingerprint density at radius 1 is 1.24 bits per heavy atom. The molecule has 0 unspecified atom stereocenters. The van der Waals surface area contributed by atoms with Gasteiger partial charge in [0.15, 0.2) is 23.3 Å². The fourth-order valence-electron chi connectivity index (χ4n) is 3.50. The molecule has 3 rings (SSSR count). The predicted molar refractivity (Wildman–Crippen MR) is 113 cm³/mol. The summed E-state index contributed by atoms with van der Waals surface area (Å²) >= 11 is 0. The summed E-state index contributed by atoms with van der Waals surface area (Å²) in [5.41, 5.74) is 1.02. The van der Waals surface area contributed by atoms with Crippen LogP contribution in [0.4, 0.5) is 0 Å². The lowest BCUT2D eigenvalue weighted by molar-refractivity contribution is 0.198. The molecule has 0 saturated heterocycles. The third kappa shape index (κ3) is 5.62. The molecule has 0 radical (unpaired) electrons. The van der Waals surface area contributed by atoms with E-state index in [9.17, 15) is 0 Å². The molecule has 1 aliphatic rings. The third-order valence-corrected chi connectivity index (χ3v) is 5.07.